The van der Waals surface area contributed by atoms with Crippen LogP contribution in [0.5, 0.6) is 0 Å². The number of rotatable bonds is 1. The highest BCUT2D eigenvalue weighted by atomic mass is 127. The lowest BCUT2D eigenvalue weighted by Gasteiger charge is -1.80. The number of carbonyl (C=O) groups excluding carboxylic acids is 1. The fourth-order valence-electron chi connectivity index (χ4n) is 0.520. The molecular weight excluding hydrogens is 374 g/mol. The molecule has 0 aliphatic carbocycles. The molecule has 0 atom stereocenters. The van der Waals surface area contributed by atoms with Gasteiger partial charge in [-0.25, -0.2) is 0 Å². The molecule has 0 fully saturated rings. The van der Waals surface area contributed by atoms with Gasteiger partial charge in [0, 0.05) is 3.57 Å². The van der Waals surface area contributed by atoms with Crippen molar-refractivity contribution in [2.45, 2.75) is 6.92 Å². The number of carbonyl (C=O) groups is 1. The average Bonchev–Trinajstić information content (AvgIpc) is 2.13. The first-order valence-electron chi connectivity index (χ1n) is 2.57. The Balaban J connectivity index is 3.10. The quantitative estimate of drug-likeness (QED) is 0.542. The van der Waals surface area contributed by atoms with Gasteiger partial charge in [-0.1, -0.05) is 0 Å². The van der Waals surface area contributed by atoms with Crippen LogP contribution >= 0.6 is 56.5 Å². The Morgan fingerprint density at radius 1 is 1.60 bits per heavy atom. The van der Waals surface area contributed by atoms with Gasteiger partial charge in [-0.3, -0.25) is 4.79 Å². The minimum atomic E-state index is 0.158. The largest absolute Gasteiger partial charge is 0.294 e. The predicted molar refractivity (Wildman–Crippen MR) is 59.8 cm³/mol. The van der Waals surface area contributed by atoms with Crippen LogP contribution in [-0.4, -0.2) is 5.78 Å². The number of Topliss-reactive ketones (excluding diaryl/α,β-unsaturated/α-hetero) is 1. The molecule has 0 unspecified atom stereocenters. The van der Waals surface area contributed by atoms with Crippen LogP contribution < -0.4 is 0 Å². The maximum absolute atomic E-state index is 10.8. The Hall–Kier alpha value is 0.830. The summed E-state index contributed by atoms with van der Waals surface area (Å²) in [5.41, 5.74) is 0. The smallest absolute Gasteiger partial charge is 0.169 e. The van der Waals surface area contributed by atoms with Crippen LogP contribution in [0.25, 0.3) is 0 Å². The van der Waals surface area contributed by atoms with Crippen molar-refractivity contribution < 1.29 is 4.79 Å². The van der Waals surface area contributed by atoms with Gasteiger partial charge in [-0.05, 0) is 58.2 Å². The standard InChI is InChI=1S/C6H4I2OS/c1-3(9)5-2-4(7)6(8)10-5/h2H,1H3. The summed E-state index contributed by atoms with van der Waals surface area (Å²) in [6.07, 6.45) is 0. The monoisotopic (exact) mass is 378 g/mol. The van der Waals surface area contributed by atoms with Crippen LogP contribution in [-0.2, 0) is 0 Å². The summed E-state index contributed by atoms with van der Waals surface area (Å²) < 4.78 is 2.37. The van der Waals surface area contributed by atoms with E-state index in [9.17, 15) is 4.79 Å². The molecule has 0 spiro atoms. The van der Waals surface area contributed by atoms with Gasteiger partial charge in [0.05, 0.1) is 7.76 Å². The fourth-order valence-corrected chi connectivity index (χ4v) is 2.91. The Bertz CT molecular complexity index is 247. The molecule has 0 aromatic carbocycles. The molecular formula is C6H4I2OS. The zero-order chi connectivity index (χ0) is 7.72. The van der Waals surface area contributed by atoms with Crippen LogP contribution in [0.1, 0.15) is 16.6 Å². The minimum absolute atomic E-state index is 0.158. The van der Waals surface area contributed by atoms with Crippen LogP contribution in [0.15, 0.2) is 6.07 Å². The van der Waals surface area contributed by atoms with Crippen molar-refractivity contribution in [2.75, 3.05) is 0 Å². The first-order valence-corrected chi connectivity index (χ1v) is 5.54. The Kier molecular flexibility index (Phi) is 3.11. The van der Waals surface area contributed by atoms with E-state index in [1.54, 1.807) is 18.3 Å². The number of ketones is 1. The molecule has 0 N–H and O–H groups in total. The molecule has 0 aliphatic rings. The lowest BCUT2D eigenvalue weighted by atomic mass is 10.4. The summed E-state index contributed by atoms with van der Waals surface area (Å²) in [4.78, 5) is 11.7. The fraction of sp³-hybridized carbons (Fsp3) is 0.167. The zero-order valence-electron chi connectivity index (χ0n) is 5.15. The van der Waals surface area contributed by atoms with Crippen LogP contribution in [0.4, 0.5) is 0 Å². The van der Waals surface area contributed by atoms with E-state index in [4.69, 9.17) is 0 Å². The van der Waals surface area contributed by atoms with Crippen molar-refractivity contribution >= 4 is 62.3 Å². The van der Waals surface area contributed by atoms with E-state index >= 15 is 0 Å². The van der Waals surface area contributed by atoms with E-state index in [1.807, 2.05) is 6.07 Å². The van der Waals surface area contributed by atoms with E-state index in [1.165, 1.54) is 6.45 Å². The molecule has 54 valence electrons. The van der Waals surface area contributed by atoms with Crippen molar-refractivity contribution in [3.05, 3.63) is 17.4 Å². The molecule has 1 aromatic rings. The summed E-state index contributed by atoms with van der Waals surface area (Å²) in [7, 11) is 0. The molecule has 0 bridgehead atoms. The lowest BCUT2D eigenvalue weighted by Crippen LogP contribution is -1.83. The molecule has 1 rings (SSSR count). The van der Waals surface area contributed by atoms with Gasteiger partial charge < -0.3 is 0 Å². The molecule has 0 saturated heterocycles. The SMILES string of the molecule is CC(=O)c1cc(I)c(I)s1. The highest BCUT2D eigenvalue weighted by molar-refractivity contribution is 14.1. The van der Waals surface area contributed by atoms with E-state index in [2.05, 4.69) is 45.2 Å². The molecule has 4 heteroatoms. The summed E-state index contributed by atoms with van der Waals surface area (Å²) >= 11 is 6.02. The summed E-state index contributed by atoms with van der Waals surface area (Å²) in [5, 5.41) is 0. The first kappa shape index (κ1) is 8.92. The van der Waals surface area contributed by atoms with Gasteiger partial charge in [-0.2, -0.15) is 0 Å². The maximum Gasteiger partial charge on any atom is 0.169 e. The molecule has 1 aromatic heterocycles. The second kappa shape index (κ2) is 3.48. The third-order valence-corrected chi connectivity index (χ3v) is 5.51. The number of halogens is 2. The second-order valence-corrected chi connectivity index (χ2v) is 5.81. The van der Waals surface area contributed by atoms with Crippen molar-refractivity contribution in [3.8, 4) is 0 Å². The third-order valence-electron chi connectivity index (χ3n) is 0.992. The maximum atomic E-state index is 10.8. The van der Waals surface area contributed by atoms with Crippen LogP contribution in [0, 0.1) is 6.45 Å². The van der Waals surface area contributed by atoms with E-state index in [0.29, 0.717) is 0 Å². The van der Waals surface area contributed by atoms with Crippen LogP contribution in [0.3, 0.4) is 0 Å². The normalized spacial score (nSPS) is 9.90. The molecule has 0 saturated carbocycles. The van der Waals surface area contributed by atoms with Crippen molar-refractivity contribution in [1.82, 2.24) is 0 Å². The van der Waals surface area contributed by atoms with Gasteiger partial charge in [0.15, 0.2) is 5.78 Å². The molecule has 1 heterocycles. The van der Waals surface area contributed by atoms with Crippen molar-refractivity contribution in [1.29, 1.82) is 0 Å². The van der Waals surface area contributed by atoms with E-state index in [0.717, 1.165) is 4.88 Å². The number of hydrogen-bond acceptors (Lipinski definition) is 2. The molecule has 1 nitrogen and oxygen atoms in total. The third kappa shape index (κ3) is 1.91. The minimum Gasteiger partial charge on any atom is -0.294 e. The number of thiophene rings is 1. The summed E-state index contributed by atoms with van der Waals surface area (Å²) in [6, 6.07) is 1.93. The topological polar surface area (TPSA) is 17.1 Å². The average molecular weight is 378 g/mol. The van der Waals surface area contributed by atoms with Gasteiger partial charge >= 0.3 is 0 Å². The summed E-state index contributed by atoms with van der Waals surface area (Å²) in [5.74, 6) is 0.158. The van der Waals surface area contributed by atoms with Gasteiger partial charge in [0.2, 0.25) is 0 Å². The predicted octanol–water partition coefficient (Wildman–Crippen LogP) is 3.16. The van der Waals surface area contributed by atoms with Gasteiger partial charge in [0.25, 0.3) is 0 Å². The Morgan fingerprint density at radius 2 is 2.20 bits per heavy atom. The zero-order valence-corrected chi connectivity index (χ0v) is 10.3. The first-order chi connectivity index (χ1) is 4.61. The summed E-state index contributed by atoms with van der Waals surface area (Å²) in [6.45, 7) is 1.60. The molecule has 0 amide bonds. The van der Waals surface area contributed by atoms with Gasteiger partial charge in [-0.15, -0.1) is 11.3 Å². The highest BCUT2D eigenvalue weighted by Gasteiger charge is 2.06. The molecule has 0 aliphatic heterocycles. The lowest BCUT2D eigenvalue weighted by molar-refractivity contribution is 0.102. The number of hydrogen-bond donors (Lipinski definition) is 0. The van der Waals surface area contributed by atoms with E-state index < -0.39 is 0 Å². The van der Waals surface area contributed by atoms with Crippen LogP contribution in [0.2, 0.25) is 0 Å². The van der Waals surface area contributed by atoms with Crippen molar-refractivity contribution in [3.63, 3.8) is 0 Å². The highest BCUT2D eigenvalue weighted by Crippen LogP contribution is 2.25. The van der Waals surface area contributed by atoms with Crippen molar-refractivity contribution in [2.24, 2.45) is 0 Å². The Morgan fingerprint density at radius 3 is 2.40 bits per heavy atom. The Labute approximate surface area is 90.5 Å². The van der Waals surface area contributed by atoms with Gasteiger partial charge in [0.1, 0.15) is 0 Å². The molecule has 10 heavy (non-hydrogen) atoms. The second-order valence-electron chi connectivity index (χ2n) is 1.79. The molecule has 0 radical (unpaired) electrons. The van der Waals surface area contributed by atoms with E-state index in [-0.39, 0.29) is 5.78 Å².